The smallest absolute Gasteiger partial charge is 0.378 e. The molecule has 0 fully saturated rings. The van der Waals surface area contributed by atoms with Crippen molar-refractivity contribution in [3.05, 3.63) is 0 Å². The van der Waals surface area contributed by atoms with E-state index >= 15 is 0 Å². The summed E-state index contributed by atoms with van der Waals surface area (Å²) in [4.78, 5) is 11.5. The van der Waals surface area contributed by atoms with Crippen LogP contribution in [0.5, 0.6) is 0 Å². The molecule has 0 saturated heterocycles. The summed E-state index contributed by atoms with van der Waals surface area (Å²) in [5.74, 6) is -0.489. The van der Waals surface area contributed by atoms with Gasteiger partial charge in [-0.3, -0.25) is 4.79 Å². The van der Waals surface area contributed by atoms with E-state index in [4.69, 9.17) is 10.5 Å². The van der Waals surface area contributed by atoms with E-state index in [0.29, 0.717) is 13.0 Å². The molecule has 3 N–H and O–H groups in total. The van der Waals surface area contributed by atoms with Crippen LogP contribution in [0.2, 0.25) is 0 Å². The Morgan fingerprint density at radius 3 is 2.45 bits per heavy atom. The second kappa shape index (κ2) is 8.46. The molecular formula is C13H25F3N2O2. The quantitative estimate of drug-likeness (QED) is 0.609. The van der Waals surface area contributed by atoms with Crippen LogP contribution >= 0.6 is 0 Å². The summed E-state index contributed by atoms with van der Waals surface area (Å²) in [5.41, 5.74) is 4.46. The topological polar surface area (TPSA) is 64.3 Å². The molecule has 0 heterocycles. The third-order valence-corrected chi connectivity index (χ3v) is 3.01. The fourth-order valence-electron chi connectivity index (χ4n) is 1.85. The van der Waals surface area contributed by atoms with Gasteiger partial charge < -0.3 is 15.8 Å². The summed E-state index contributed by atoms with van der Waals surface area (Å²) in [5, 5.41) is 3.06. The highest BCUT2D eigenvalue weighted by atomic mass is 19.4. The van der Waals surface area contributed by atoms with Gasteiger partial charge in [0.15, 0.2) is 0 Å². The van der Waals surface area contributed by atoms with Crippen molar-refractivity contribution in [3.8, 4) is 0 Å². The maximum atomic E-state index is 12.0. The van der Waals surface area contributed by atoms with Gasteiger partial charge in [-0.2, -0.15) is 13.2 Å². The Labute approximate surface area is 118 Å². The second-order valence-electron chi connectivity index (χ2n) is 5.23. The summed E-state index contributed by atoms with van der Waals surface area (Å²) >= 11 is 0. The van der Waals surface area contributed by atoms with E-state index in [-0.39, 0.29) is 19.1 Å². The Bertz CT molecular complexity index is 298. The second-order valence-corrected chi connectivity index (χ2v) is 5.23. The SMILES string of the molecule is CCCNC(C)(CC(C)OCCCC(F)(F)F)C(N)=O. The van der Waals surface area contributed by atoms with Gasteiger partial charge in [-0.15, -0.1) is 0 Å². The monoisotopic (exact) mass is 298 g/mol. The zero-order valence-corrected chi connectivity index (χ0v) is 12.3. The highest BCUT2D eigenvalue weighted by molar-refractivity contribution is 5.84. The molecule has 7 heteroatoms. The Kier molecular flexibility index (Phi) is 8.12. The maximum absolute atomic E-state index is 12.0. The van der Waals surface area contributed by atoms with Crippen molar-refractivity contribution in [2.45, 2.75) is 64.3 Å². The van der Waals surface area contributed by atoms with Crippen LogP contribution in [0.1, 0.15) is 46.5 Å². The Morgan fingerprint density at radius 1 is 1.40 bits per heavy atom. The number of carbonyl (C=O) groups excluding carboxylic acids is 1. The molecule has 120 valence electrons. The predicted octanol–water partition coefficient (Wildman–Crippen LogP) is 2.37. The molecule has 0 bridgehead atoms. The van der Waals surface area contributed by atoms with Crippen molar-refractivity contribution in [1.82, 2.24) is 5.32 Å². The third kappa shape index (κ3) is 8.37. The fourth-order valence-corrected chi connectivity index (χ4v) is 1.85. The molecule has 0 spiro atoms. The number of alkyl halides is 3. The first kappa shape index (κ1) is 19.2. The molecule has 0 aromatic rings. The van der Waals surface area contributed by atoms with Gasteiger partial charge in [-0.1, -0.05) is 6.92 Å². The fraction of sp³-hybridized carbons (Fsp3) is 0.923. The van der Waals surface area contributed by atoms with E-state index in [0.717, 1.165) is 6.42 Å². The molecule has 2 unspecified atom stereocenters. The number of ether oxygens (including phenoxy) is 1. The molecule has 4 nitrogen and oxygen atoms in total. The lowest BCUT2D eigenvalue weighted by molar-refractivity contribution is -0.139. The van der Waals surface area contributed by atoms with Crippen molar-refractivity contribution in [3.63, 3.8) is 0 Å². The van der Waals surface area contributed by atoms with Crippen LogP contribution < -0.4 is 11.1 Å². The molecule has 0 aromatic carbocycles. The van der Waals surface area contributed by atoms with Gasteiger partial charge in [0.05, 0.1) is 11.6 Å². The standard InChI is InChI=1S/C13H25F3N2O2/c1-4-7-18-12(3,11(17)19)9-10(2)20-8-5-6-13(14,15)16/h10,18H,4-9H2,1-3H3,(H2,17,19). The van der Waals surface area contributed by atoms with Gasteiger partial charge in [-0.25, -0.2) is 0 Å². The van der Waals surface area contributed by atoms with Crippen molar-refractivity contribution in [2.24, 2.45) is 5.73 Å². The predicted molar refractivity (Wildman–Crippen MR) is 71.2 cm³/mol. The lowest BCUT2D eigenvalue weighted by Gasteiger charge is -2.30. The van der Waals surface area contributed by atoms with Crippen LogP contribution in [0.25, 0.3) is 0 Å². The summed E-state index contributed by atoms with van der Waals surface area (Å²) in [6.07, 6.45) is -4.26. The lowest BCUT2D eigenvalue weighted by Crippen LogP contribution is -2.55. The van der Waals surface area contributed by atoms with Gasteiger partial charge in [0.1, 0.15) is 0 Å². The molecule has 0 aliphatic carbocycles. The number of rotatable bonds is 10. The van der Waals surface area contributed by atoms with Crippen LogP contribution in [-0.4, -0.2) is 36.9 Å². The zero-order valence-electron chi connectivity index (χ0n) is 12.3. The third-order valence-electron chi connectivity index (χ3n) is 3.01. The number of halogens is 3. The zero-order chi connectivity index (χ0) is 15.8. The number of primary amides is 1. The summed E-state index contributed by atoms with van der Waals surface area (Å²) in [6, 6.07) is 0. The van der Waals surface area contributed by atoms with Gasteiger partial charge in [-0.05, 0) is 33.2 Å². The number of amides is 1. The molecular weight excluding hydrogens is 273 g/mol. The number of hydrogen-bond acceptors (Lipinski definition) is 3. The van der Waals surface area contributed by atoms with Gasteiger partial charge in [0.2, 0.25) is 5.91 Å². The minimum atomic E-state index is -4.16. The molecule has 0 aliphatic heterocycles. The molecule has 20 heavy (non-hydrogen) atoms. The number of nitrogens with one attached hydrogen (secondary N) is 1. The first-order chi connectivity index (χ1) is 9.10. The van der Waals surface area contributed by atoms with Crippen LogP contribution in [-0.2, 0) is 9.53 Å². The van der Waals surface area contributed by atoms with Crippen molar-refractivity contribution < 1.29 is 22.7 Å². The molecule has 2 atom stereocenters. The largest absolute Gasteiger partial charge is 0.389 e. The summed E-state index contributed by atoms with van der Waals surface area (Å²) < 4.78 is 41.2. The average molecular weight is 298 g/mol. The van der Waals surface area contributed by atoms with Crippen LogP contribution in [0, 0.1) is 0 Å². The molecule has 0 radical (unpaired) electrons. The van der Waals surface area contributed by atoms with Gasteiger partial charge in [0.25, 0.3) is 0 Å². The molecule has 0 rings (SSSR count). The molecule has 0 aromatic heterocycles. The van der Waals surface area contributed by atoms with E-state index in [2.05, 4.69) is 5.32 Å². The first-order valence-electron chi connectivity index (χ1n) is 6.84. The normalized spacial score (nSPS) is 16.7. The van der Waals surface area contributed by atoms with Gasteiger partial charge in [0, 0.05) is 19.4 Å². The highest BCUT2D eigenvalue weighted by Gasteiger charge is 2.32. The molecule has 0 saturated carbocycles. The number of hydrogen-bond donors (Lipinski definition) is 2. The van der Waals surface area contributed by atoms with Crippen molar-refractivity contribution in [1.29, 1.82) is 0 Å². The van der Waals surface area contributed by atoms with Crippen LogP contribution in [0.3, 0.4) is 0 Å². The van der Waals surface area contributed by atoms with Crippen molar-refractivity contribution >= 4 is 5.91 Å². The average Bonchev–Trinajstić information content (AvgIpc) is 2.31. The Hall–Kier alpha value is -0.820. The summed E-state index contributed by atoms with van der Waals surface area (Å²) in [6.45, 7) is 6.03. The maximum Gasteiger partial charge on any atom is 0.389 e. The first-order valence-corrected chi connectivity index (χ1v) is 6.84. The number of carbonyl (C=O) groups is 1. The summed E-state index contributed by atoms with van der Waals surface area (Å²) in [7, 11) is 0. The Balaban J connectivity index is 4.14. The van der Waals surface area contributed by atoms with Crippen LogP contribution in [0.4, 0.5) is 13.2 Å². The van der Waals surface area contributed by atoms with E-state index in [1.54, 1.807) is 13.8 Å². The minimum absolute atomic E-state index is 0.0172. The van der Waals surface area contributed by atoms with E-state index in [1.165, 1.54) is 0 Å². The molecule has 1 amide bonds. The van der Waals surface area contributed by atoms with E-state index in [9.17, 15) is 18.0 Å². The lowest BCUT2D eigenvalue weighted by atomic mass is 9.93. The number of nitrogens with two attached hydrogens (primary N) is 1. The molecule has 0 aliphatic rings. The van der Waals surface area contributed by atoms with Crippen LogP contribution in [0.15, 0.2) is 0 Å². The highest BCUT2D eigenvalue weighted by Crippen LogP contribution is 2.21. The van der Waals surface area contributed by atoms with E-state index in [1.807, 2.05) is 6.92 Å². The Morgan fingerprint density at radius 2 is 2.00 bits per heavy atom. The van der Waals surface area contributed by atoms with Crippen molar-refractivity contribution in [2.75, 3.05) is 13.2 Å². The minimum Gasteiger partial charge on any atom is -0.378 e. The van der Waals surface area contributed by atoms with E-state index < -0.39 is 24.0 Å². The van der Waals surface area contributed by atoms with Gasteiger partial charge >= 0.3 is 6.18 Å².